The highest BCUT2D eigenvalue weighted by molar-refractivity contribution is 5.76. The molecule has 0 aliphatic carbocycles. The van der Waals surface area contributed by atoms with Crippen LogP contribution in [0.15, 0.2) is 100 Å². The van der Waals surface area contributed by atoms with Crippen LogP contribution in [0.25, 0.3) is 23.5 Å². The zero-order valence-corrected chi connectivity index (χ0v) is 14.8. The maximum Gasteiger partial charge on any atom is 0.420 e. The first-order valence-electron chi connectivity index (χ1n) is 8.87. The molecule has 0 aliphatic rings. The van der Waals surface area contributed by atoms with E-state index in [9.17, 15) is 4.79 Å². The molecular weight excluding hydrogens is 334 g/mol. The molecule has 0 N–H and O–H groups in total. The van der Waals surface area contributed by atoms with E-state index in [2.05, 4.69) is 0 Å². The molecule has 27 heavy (non-hydrogen) atoms. The summed E-state index contributed by atoms with van der Waals surface area (Å²) in [5, 5.41) is 0. The Hall–Kier alpha value is -3.59. The van der Waals surface area contributed by atoms with Crippen molar-refractivity contribution in [3.05, 3.63) is 118 Å². The van der Waals surface area contributed by atoms with E-state index < -0.39 is 0 Å². The molecule has 0 spiro atoms. The van der Waals surface area contributed by atoms with E-state index in [1.807, 2.05) is 103 Å². The molecule has 0 saturated carbocycles. The van der Waals surface area contributed by atoms with Crippen LogP contribution in [-0.2, 0) is 6.54 Å². The van der Waals surface area contributed by atoms with Gasteiger partial charge in [-0.2, -0.15) is 0 Å². The molecule has 3 nitrogen and oxygen atoms in total. The molecule has 4 rings (SSSR count). The van der Waals surface area contributed by atoms with Gasteiger partial charge in [-0.15, -0.1) is 0 Å². The number of nitrogens with zero attached hydrogens (tertiary/aromatic N) is 1. The standard InChI is InChI=1S/C24H19NO2/c26-24-25(18-20-12-6-2-7-13-20)22(17-16-19-10-4-1-5-11-19)23(27-24)21-14-8-3-9-15-21/h1-17H,18H2/b17-16+. The number of hydrogen-bond donors (Lipinski definition) is 0. The third-order valence-corrected chi connectivity index (χ3v) is 4.39. The second-order valence-electron chi connectivity index (χ2n) is 6.26. The second kappa shape index (κ2) is 7.75. The zero-order valence-electron chi connectivity index (χ0n) is 14.8. The molecule has 1 aromatic heterocycles. The normalized spacial score (nSPS) is 11.1. The largest absolute Gasteiger partial charge is 0.420 e. The molecule has 0 aliphatic heterocycles. The molecular formula is C24H19NO2. The van der Waals surface area contributed by atoms with Gasteiger partial charge in [0.1, 0.15) is 0 Å². The van der Waals surface area contributed by atoms with Crippen molar-refractivity contribution in [2.75, 3.05) is 0 Å². The monoisotopic (exact) mass is 353 g/mol. The summed E-state index contributed by atoms with van der Waals surface area (Å²) in [6, 6.07) is 29.7. The van der Waals surface area contributed by atoms with Crippen molar-refractivity contribution < 1.29 is 4.42 Å². The SMILES string of the molecule is O=c1oc(-c2ccccc2)c(/C=C/c2ccccc2)n1Cc1ccccc1. The van der Waals surface area contributed by atoms with Crippen molar-refractivity contribution in [3.63, 3.8) is 0 Å². The summed E-state index contributed by atoms with van der Waals surface area (Å²) >= 11 is 0. The summed E-state index contributed by atoms with van der Waals surface area (Å²) < 4.78 is 7.33. The smallest absolute Gasteiger partial charge is 0.407 e. The summed E-state index contributed by atoms with van der Waals surface area (Å²) in [4.78, 5) is 12.6. The van der Waals surface area contributed by atoms with Crippen LogP contribution < -0.4 is 5.76 Å². The topological polar surface area (TPSA) is 35.1 Å². The highest BCUT2D eigenvalue weighted by atomic mass is 16.4. The molecule has 0 bridgehead atoms. The van der Waals surface area contributed by atoms with Crippen LogP contribution in [0.2, 0.25) is 0 Å². The molecule has 1 heterocycles. The molecule has 0 radical (unpaired) electrons. The van der Waals surface area contributed by atoms with Gasteiger partial charge in [-0.1, -0.05) is 97.1 Å². The summed E-state index contributed by atoms with van der Waals surface area (Å²) in [7, 11) is 0. The molecule has 0 unspecified atom stereocenters. The van der Waals surface area contributed by atoms with Gasteiger partial charge in [0, 0.05) is 5.56 Å². The third kappa shape index (κ3) is 3.82. The summed E-state index contributed by atoms with van der Waals surface area (Å²) in [5.74, 6) is 0.231. The van der Waals surface area contributed by atoms with Crippen LogP contribution >= 0.6 is 0 Å². The molecule has 3 aromatic carbocycles. The number of benzene rings is 3. The summed E-state index contributed by atoms with van der Waals surface area (Å²) in [5.41, 5.74) is 3.76. The predicted molar refractivity (Wildman–Crippen MR) is 109 cm³/mol. The van der Waals surface area contributed by atoms with Gasteiger partial charge in [-0.25, -0.2) is 4.79 Å². The molecule has 0 atom stereocenters. The Balaban J connectivity index is 1.82. The van der Waals surface area contributed by atoms with Crippen molar-refractivity contribution in [1.29, 1.82) is 0 Å². The van der Waals surface area contributed by atoms with Crippen LogP contribution in [0.5, 0.6) is 0 Å². The maximum absolute atomic E-state index is 12.6. The van der Waals surface area contributed by atoms with E-state index in [1.165, 1.54) is 0 Å². The van der Waals surface area contributed by atoms with E-state index in [4.69, 9.17) is 4.42 Å². The molecule has 0 saturated heterocycles. The lowest BCUT2D eigenvalue weighted by Crippen LogP contribution is -2.16. The average Bonchev–Trinajstić information content (AvgIpc) is 3.04. The first-order chi connectivity index (χ1) is 13.3. The summed E-state index contributed by atoms with van der Waals surface area (Å²) in [6.45, 7) is 0.463. The van der Waals surface area contributed by atoms with E-state index in [-0.39, 0.29) is 5.76 Å². The number of oxazole rings is 1. The van der Waals surface area contributed by atoms with Crippen LogP contribution in [-0.4, -0.2) is 4.57 Å². The van der Waals surface area contributed by atoms with Crippen molar-refractivity contribution >= 4 is 12.2 Å². The Labute approximate surface area is 157 Å². The highest BCUT2D eigenvalue weighted by Crippen LogP contribution is 2.25. The van der Waals surface area contributed by atoms with Gasteiger partial charge in [-0.05, 0) is 17.2 Å². The Morgan fingerprint density at radius 1 is 0.741 bits per heavy atom. The average molecular weight is 353 g/mol. The lowest BCUT2D eigenvalue weighted by atomic mass is 10.1. The molecule has 0 fully saturated rings. The molecule has 132 valence electrons. The van der Waals surface area contributed by atoms with Crippen molar-refractivity contribution in [2.45, 2.75) is 6.54 Å². The maximum atomic E-state index is 12.6. The van der Waals surface area contributed by atoms with E-state index in [0.29, 0.717) is 12.3 Å². The minimum Gasteiger partial charge on any atom is -0.407 e. The van der Waals surface area contributed by atoms with Crippen LogP contribution in [0.3, 0.4) is 0 Å². The van der Waals surface area contributed by atoms with Crippen LogP contribution in [0.1, 0.15) is 16.8 Å². The van der Waals surface area contributed by atoms with Gasteiger partial charge in [0.25, 0.3) is 0 Å². The quantitative estimate of drug-likeness (QED) is 0.486. The van der Waals surface area contributed by atoms with Crippen molar-refractivity contribution in [3.8, 4) is 11.3 Å². The minimum atomic E-state index is -0.356. The molecule has 3 heteroatoms. The number of hydrogen-bond acceptors (Lipinski definition) is 2. The van der Waals surface area contributed by atoms with E-state index in [1.54, 1.807) is 4.57 Å². The molecule has 0 amide bonds. The van der Waals surface area contributed by atoms with E-state index in [0.717, 1.165) is 22.4 Å². The van der Waals surface area contributed by atoms with Crippen molar-refractivity contribution in [2.24, 2.45) is 0 Å². The third-order valence-electron chi connectivity index (χ3n) is 4.39. The van der Waals surface area contributed by atoms with Crippen molar-refractivity contribution in [1.82, 2.24) is 4.57 Å². The fraction of sp³-hybridized carbons (Fsp3) is 0.0417. The molecule has 4 aromatic rings. The van der Waals surface area contributed by atoms with Gasteiger partial charge in [-0.3, -0.25) is 4.57 Å². The lowest BCUT2D eigenvalue weighted by Gasteiger charge is -2.05. The van der Waals surface area contributed by atoms with Crippen LogP contribution in [0, 0.1) is 0 Å². The van der Waals surface area contributed by atoms with Gasteiger partial charge in [0.15, 0.2) is 5.76 Å². The zero-order chi connectivity index (χ0) is 18.5. The number of rotatable bonds is 5. The summed E-state index contributed by atoms with van der Waals surface area (Å²) in [6.07, 6.45) is 3.95. The Kier molecular flexibility index (Phi) is 4.84. The van der Waals surface area contributed by atoms with Gasteiger partial charge in [0.2, 0.25) is 0 Å². The fourth-order valence-corrected chi connectivity index (χ4v) is 3.03. The van der Waals surface area contributed by atoms with Crippen LogP contribution in [0.4, 0.5) is 0 Å². The Bertz CT molecular complexity index is 1090. The second-order valence-corrected chi connectivity index (χ2v) is 6.26. The Morgan fingerprint density at radius 2 is 1.33 bits per heavy atom. The predicted octanol–water partition coefficient (Wildman–Crippen LogP) is 5.33. The fourth-order valence-electron chi connectivity index (χ4n) is 3.03. The van der Waals surface area contributed by atoms with Gasteiger partial charge >= 0.3 is 5.76 Å². The first-order valence-corrected chi connectivity index (χ1v) is 8.87. The highest BCUT2D eigenvalue weighted by Gasteiger charge is 2.16. The Morgan fingerprint density at radius 3 is 2.00 bits per heavy atom. The minimum absolute atomic E-state index is 0.356. The van der Waals surface area contributed by atoms with Gasteiger partial charge in [0.05, 0.1) is 12.2 Å². The first kappa shape index (κ1) is 16.9. The number of aromatic nitrogens is 1. The van der Waals surface area contributed by atoms with Gasteiger partial charge < -0.3 is 4.42 Å². The van der Waals surface area contributed by atoms with E-state index >= 15 is 0 Å². The lowest BCUT2D eigenvalue weighted by molar-refractivity contribution is 0.497.